The van der Waals surface area contributed by atoms with Crippen LogP contribution in [0.15, 0.2) is 18.2 Å². The van der Waals surface area contributed by atoms with Gasteiger partial charge in [-0.15, -0.1) is 0 Å². The van der Waals surface area contributed by atoms with Crippen LogP contribution in [0.1, 0.15) is 30.4 Å². The van der Waals surface area contributed by atoms with Crippen molar-refractivity contribution in [3.05, 3.63) is 29.3 Å². The van der Waals surface area contributed by atoms with Crippen molar-refractivity contribution in [1.29, 1.82) is 5.26 Å². The zero-order valence-corrected chi connectivity index (χ0v) is 11.9. The Kier molecular flexibility index (Phi) is 4.73. The van der Waals surface area contributed by atoms with E-state index in [0.29, 0.717) is 5.69 Å². The third-order valence-electron chi connectivity index (χ3n) is 3.93. The molecule has 1 aliphatic heterocycles. The molecular weight excluding hydrogens is 279 g/mol. The third kappa shape index (κ3) is 3.67. The molecule has 0 radical (unpaired) electrons. The minimum atomic E-state index is -4.49. The first-order valence-corrected chi connectivity index (χ1v) is 6.98. The fourth-order valence-electron chi connectivity index (χ4n) is 2.69. The number of nitriles is 1. The molecule has 21 heavy (non-hydrogen) atoms. The molecule has 1 heterocycles. The van der Waals surface area contributed by atoms with Gasteiger partial charge < -0.3 is 10.2 Å². The number of benzene rings is 1. The highest BCUT2D eigenvalue weighted by atomic mass is 19.4. The van der Waals surface area contributed by atoms with E-state index in [9.17, 15) is 13.2 Å². The smallest absolute Gasteiger partial charge is 0.372 e. The molecule has 0 aliphatic carbocycles. The fourth-order valence-corrected chi connectivity index (χ4v) is 2.69. The van der Waals surface area contributed by atoms with Crippen LogP contribution in [0.3, 0.4) is 0 Å². The quantitative estimate of drug-likeness (QED) is 0.911. The van der Waals surface area contributed by atoms with Gasteiger partial charge in [-0.25, -0.2) is 0 Å². The summed E-state index contributed by atoms with van der Waals surface area (Å²) in [7, 11) is 1.87. The molecular formula is C15H18F3N3. The molecule has 0 amide bonds. The average Bonchev–Trinajstić information content (AvgIpc) is 2.73. The molecule has 2 rings (SSSR count). The second-order valence-electron chi connectivity index (χ2n) is 5.29. The molecule has 0 saturated carbocycles. The van der Waals surface area contributed by atoms with E-state index < -0.39 is 11.7 Å². The summed E-state index contributed by atoms with van der Waals surface area (Å²) >= 11 is 0. The van der Waals surface area contributed by atoms with Crippen molar-refractivity contribution in [3.8, 4) is 6.07 Å². The van der Waals surface area contributed by atoms with Gasteiger partial charge in [0.15, 0.2) is 0 Å². The van der Waals surface area contributed by atoms with Gasteiger partial charge in [0, 0.05) is 18.8 Å². The maximum absolute atomic E-state index is 12.8. The van der Waals surface area contributed by atoms with Gasteiger partial charge in [0.1, 0.15) is 0 Å². The molecule has 1 saturated heterocycles. The predicted octanol–water partition coefficient (Wildman–Crippen LogP) is 3.16. The van der Waals surface area contributed by atoms with Crippen LogP contribution in [-0.2, 0) is 6.18 Å². The van der Waals surface area contributed by atoms with Crippen LogP contribution in [0.2, 0.25) is 0 Å². The van der Waals surface area contributed by atoms with E-state index in [1.54, 1.807) is 6.07 Å². The highest BCUT2D eigenvalue weighted by Gasteiger charge is 2.33. The lowest BCUT2D eigenvalue weighted by Crippen LogP contribution is -2.32. The molecule has 1 N–H and O–H groups in total. The third-order valence-corrected chi connectivity index (χ3v) is 3.93. The summed E-state index contributed by atoms with van der Waals surface area (Å²) < 4.78 is 38.4. The van der Waals surface area contributed by atoms with Crippen LogP contribution in [0.4, 0.5) is 18.9 Å². The first-order valence-electron chi connectivity index (χ1n) is 6.98. The largest absolute Gasteiger partial charge is 0.417 e. The predicted molar refractivity (Wildman–Crippen MR) is 75.1 cm³/mol. The topological polar surface area (TPSA) is 39.1 Å². The molecule has 1 fully saturated rings. The van der Waals surface area contributed by atoms with Crippen molar-refractivity contribution < 1.29 is 13.2 Å². The zero-order chi connectivity index (χ0) is 15.5. The molecule has 1 unspecified atom stereocenters. The van der Waals surface area contributed by atoms with Crippen molar-refractivity contribution in [2.75, 3.05) is 25.0 Å². The van der Waals surface area contributed by atoms with Gasteiger partial charge in [-0.1, -0.05) is 0 Å². The average molecular weight is 297 g/mol. The lowest BCUT2D eigenvalue weighted by atomic mass is 10.0. The Morgan fingerprint density at radius 1 is 1.29 bits per heavy atom. The molecule has 1 atom stereocenters. The van der Waals surface area contributed by atoms with Crippen molar-refractivity contribution in [2.24, 2.45) is 0 Å². The van der Waals surface area contributed by atoms with Gasteiger partial charge in [-0.05, 0) is 50.6 Å². The Hall–Kier alpha value is -1.74. The van der Waals surface area contributed by atoms with E-state index >= 15 is 0 Å². The molecule has 0 bridgehead atoms. The van der Waals surface area contributed by atoms with Crippen LogP contribution >= 0.6 is 0 Å². The number of anilines is 1. The number of nitrogens with one attached hydrogen (secondary N) is 1. The van der Waals surface area contributed by atoms with Crippen LogP contribution in [0.25, 0.3) is 0 Å². The fraction of sp³-hybridized carbons (Fsp3) is 0.533. The van der Waals surface area contributed by atoms with E-state index in [4.69, 9.17) is 5.26 Å². The summed E-state index contributed by atoms with van der Waals surface area (Å²) in [6, 6.07) is 5.71. The highest BCUT2D eigenvalue weighted by Crippen LogP contribution is 2.34. The number of hydrogen-bond acceptors (Lipinski definition) is 3. The number of nitrogens with zero attached hydrogens (tertiary/aromatic N) is 2. The van der Waals surface area contributed by atoms with E-state index in [0.717, 1.165) is 38.4 Å². The van der Waals surface area contributed by atoms with Gasteiger partial charge in [0.25, 0.3) is 0 Å². The standard InChI is InChI=1S/C15H18F3N3/c1-21(12-3-2-7-20-8-6-12)13-4-5-14(15(16,17)18)11(9-13)10-19/h4-5,9,12,20H,2-3,6-8H2,1H3. The second-order valence-corrected chi connectivity index (χ2v) is 5.29. The lowest BCUT2D eigenvalue weighted by molar-refractivity contribution is -0.137. The van der Waals surface area contributed by atoms with Gasteiger partial charge in [-0.3, -0.25) is 0 Å². The van der Waals surface area contributed by atoms with E-state index in [2.05, 4.69) is 5.32 Å². The number of rotatable bonds is 2. The van der Waals surface area contributed by atoms with Crippen LogP contribution in [-0.4, -0.2) is 26.2 Å². The van der Waals surface area contributed by atoms with Gasteiger partial charge in [0.05, 0.1) is 17.2 Å². The summed E-state index contributed by atoms with van der Waals surface area (Å²) in [5, 5.41) is 12.3. The highest BCUT2D eigenvalue weighted by molar-refractivity contribution is 5.55. The molecule has 0 aromatic heterocycles. The molecule has 6 heteroatoms. The number of halogens is 3. The minimum Gasteiger partial charge on any atom is -0.372 e. The first-order chi connectivity index (χ1) is 9.93. The molecule has 3 nitrogen and oxygen atoms in total. The normalized spacial score (nSPS) is 19.7. The Labute approximate surface area is 122 Å². The molecule has 0 spiro atoms. The summed E-state index contributed by atoms with van der Waals surface area (Å²) in [6.07, 6.45) is -1.51. The summed E-state index contributed by atoms with van der Waals surface area (Å²) in [5.41, 5.74) is -0.533. The monoisotopic (exact) mass is 297 g/mol. The number of hydrogen-bond donors (Lipinski definition) is 1. The minimum absolute atomic E-state index is 0.281. The van der Waals surface area contributed by atoms with Gasteiger partial charge in [-0.2, -0.15) is 18.4 Å². The molecule has 1 aliphatic rings. The van der Waals surface area contributed by atoms with E-state index in [1.807, 2.05) is 11.9 Å². The summed E-state index contributed by atoms with van der Waals surface area (Å²) in [5.74, 6) is 0. The van der Waals surface area contributed by atoms with Crippen molar-refractivity contribution >= 4 is 5.69 Å². The van der Waals surface area contributed by atoms with E-state index in [1.165, 1.54) is 12.1 Å². The maximum Gasteiger partial charge on any atom is 0.417 e. The van der Waals surface area contributed by atoms with Crippen LogP contribution in [0, 0.1) is 11.3 Å². The lowest BCUT2D eigenvalue weighted by Gasteiger charge is -2.29. The molecule has 1 aromatic carbocycles. The summed E-state index contributed by atoms with van der Waals surface area (Å²) in [6.45, 7) is 1.88. The zero-order valence-electron chi connectivity index (χ0n) is 11.9. The van der Waals surface area contributed by atoms with Crippen LogP contribution in [0.5, 0.6) is 0 Å². The number of alkyl halides is 3. The molecule has 1 aromatic rings. The maximum atomic E-state index is 12.8. The Bertz CT molecular complexity index is 526. The van der Waals surface area contributed by atoms with Crippen molar-refractivity contribution in [1.82, 2.24) is 5.32 Å². The van der Waals surface area contributed by atoms with Crippen molar-refractivity contribution in [3.63, 3.8) is 0 Å². The Balaban J connectivity index is 2.26. The Morgan fingerprint density at radius 3 is 2.71 bits per heavy atom. The van der Waals surface area contributed by atoms with Gasteiger partial charge >= 0.3 is 6.18 Å². The second kappa shape index (κ2) is 6.35. The van der Waals surface area contributed by atoms with Crippen molar-refractivity contribution in [2.45, 2.75) is 31.5 Å². The van der Waals surface area contributed by atoms with E-state index in [-0.39, 0.29) is 11.6 Å². The Morgan fingerprint density at radius 2 is 2.05 bits per heavy atom. The SMILES string of the molecule is CN(c1ccc(C(F)(F)F)c(C#N)c1)C1CCCNCC1. The molecule has 114 valence electrons. The summed E-state index contributed by atoms with van der Waals surface area (Å²) in [4.78, 5) is 1.98. The first kappa shape index (κ1) is 15.6. The van der Waals surface area contributed by atoms with Gasteiger partial charge in [0.2, 0.25) is 0 Å². The van der Waals surface area contributed by atoms with Crippen LogP contribution < -0.4 is 10.2 Å².